The number of Topliss-reactive ketones (excluding diaryl/α,β-unsaturated/α-hetero) is 1. The predicted octanol–water partition coefficient (Wildman–Crippen LogP) is 1.64. The van der Waals surface area contributed by atoms with E-state index in [-0.39, 0.29) is 5.78 Å². The second-order valence-corrected chi connectivity index (χ2v) is 4.14. The van der Waals surface area contributed by atoms with Crippen molar-refractivity contribution in [2.45, 2.75) is 18.9 Å². The lowest BCUT2D eigenvalue weighted by Crippen LogP contribution is -2.18. The average Bonchev–Trinajstić information content (AvgIpc) is 3.13. The third kappa shape index (κ3) is 2.97. The van der Waals surface area contributed by atoms with Crippen LogP contribution in [-0.4, -0.2) is 32.6 Å². The largest absolute Gasteiger partial charge is 0.493 e. The van der Waals surface area contributed by atoms with Crippen molar-refractivity contribution in [3.05, 3.63) is 23.8 Å². The third-order valence-electron chi connectivity index (χ3n) is 2.64. The highest BCUT2D eigenvalue weighted by Gasteiger charge is 2.25. The van der Waals surface area contributed by atoms with Gasteiger partial charge in [-0.1, -0.05) is 0 Å². The number of hydrogen-bond donors (Lipinski definition) is 1. The van der Waals surface area contributed by atoms with Crippen molar-refractivity contribution in [3.63, 3.8) is 0 Å². The first-order valence-electron chi connectivity index (χ1n) is 5.77. The average molecular weight is 235 g/mol. The van der Waals surface area contributed by atoms with E-state index >= 15 is 0 Å². The lowest BCUT2D eigenvalue weighted by Gasteiger charge is -2.11. The molecule has 0 atom stereocenters. The van der Waals surface area contributed by atoms with Crippen LogP contribution in [0.2, 0.25) is 0 Å². The number of ketones is 1. The quantitative estimate of drug-likeness (QED) is 0.761. The summed E-state index contributed by atoms with van der Waals surface area (Å²) >= 11 is 0. The minimum absolute atomic E-state index is 0.0517. The molecule has 0 aliphatic heterocycles. The smallest absolute Gasteiger partial charge is 0.176 e. The van der Waals surface area contributed by atoms with Crippen molar-refractivity contribution in [2.75, 3.05) is 20.7 Å². The minimum Gasteiger partial charge on any atom is -0.493 e. The molecule has 1 aromatic rings. The number of benzene rings is 1. The highest BCUT2D eigenvalue weighted by Crippen LogP contribution is 2.34. The van der Waals surface area contributed by atoms with Crippen molar-refractivity contribution >= 4 is 5.78 Å². The fraction of sp³-hybridized carbons (Fsp3) is 0.462. The monoisotopic (exact) mass is 235 g/mol. The zero-order valence-electron chi connectivity index (χ0n) is 10.2. The second kappa shape index (κ2) is 5.19. The van der Waals surface area contributed by atoms with Gasteiger partial charge < -0.3 is 14.8 Å². The van der Waals surface area contributed by atoms with Gasteiger partial charge >= 0.3 is 0 Å². The van der Waals surface area contributed by atoms with E-state index in [9.17, 15) is 4.79 Å². The number of likely N-dealkylation sites (N-methyl/N-ethyl adjacent to an activating group) is 1. The molecule has 0 saturated heterocycles. The van der Waals surface area contributed by atoms with Gasteiger partial charge in [-0.25, -0.2) is 0 Å². The van der Waals surface area contributed by atoms with Gasteiger partial charge in [0.05, 0.1) is 19.8 Å². The number of rotatable bonds is 6. The number of nitrogens with one attached hydrogen (secondary N) is 1. The Morgan fingerprint density at radius 1 is 1.41 bits per heavy atom. The van der Waals surface area contributed by atoms with Gasteiger partial charge in [-0.3, -0.25) is 4.79 Å². The van der Waals surface area contributed by atoms with Crippen molar-refractivity contribution in [2.24, 2.45) is 0 Å². The van der Waals surface area contributed by atoms with E-state index in [1.807, 2.05) is 0 Å². The van der Waals surface area contributed by atoms with Crippen LogP contribution in [0.15, 0.2) is 18.2 Å². The van der Waals surface area contributed by atoms with Crippen molar-refractivity contribution < 1.29 is 14.3 Å². The molecule has 17 heavy (non-hydrogen) atoms. The fourth-order valence-electron chi connectivity index (χ4n) is 1.57. The number of carbonyl (C=O) groups excluding carboxylic acids is 1. The summed E-state index contributed by atoms with van der Waals surface area (Å²) in [5.74, 6) is 1.39. The molecule has 1 aliphatic carbocycles. The van der Waals surface area contributed by atoms with Gasteiger partial charge in [-0.15, -0.1) is 0 Å². The molecule has 1 aromatic carbocycles. The van der Waals surface area contributed by atoms with Crippen LogP contribution in [0, 0.1) is 0 Å². The lowest BCUT2D eigenvalue weighted by molar-refractivity contribution is 0.0993. The van der Waals surface area contributed by atoms with E-state index in [4.69, 9.17) is 9.47 Å². The molecule has 0 aromatic heterocycles. The first kappa shape index (κ1) is 11.9. The summed E-state index contributed by atoms with van der Waals surface area (Å²) in [5.41, 5.74) is 0.649. The maximum atomic E-state index is 11.7. The molecule has 4 heteroatoms. The SMILES string of the molecule is CNCC(=O)c1ccc(OC)c(OC2CC2)c1. The van der Waals surface area contributed by atoms with Crippen LogP contribution < -0.4 is 14.8 Å². The van der Waals surface area contributed by atoms with Crippen LogP contribution in [0.5, 0.6) is 11.5 Å². The predicted molar refractivity (Wildman–Crippen MR) is 64.9 cm³/mol. The first-order valence-corrected chi connectivity index (χ1v) is 5.77. The Morgan fingerprint density at radius 2 is 2.18 bits per heavy atom. The zero-order chi connectivity index (χ0) is 12.3. The lowest BCUT2D eigenvalue weighted by atomic mass is 10.1. The van der Waals surface area contributed by atoms with E-state index < -0.39 is 0 Å². The van der Waals surface area contributed by atoms with Crippen LogP contribution >= 0.6 is 0 Å². The molecular formula is C13H17NO3. The van der Waals surface area contributed by atoms with E-state index in [0.717, 1.165) is 12.8 Å². The third-order valence-corrected chi connectivity index (χ3v) is 2.64. The maximum Gasteiger partial charge on any atom is 0.176 e. The van der Waals surface area contributed by atoms with E-state index in [1.165, 1.54) is 0 Å². The number of hydrogen-bond acceptors (Lipinski definition) is 4. The summed E-state index contributed by atoms with van der Waals surface area (Å²) in [5, 5.41) is 2.85. The topological polar surface area (TPSA) is 47.6 Å². The van der Waals surface area contributed by atoms with Gasteiger partial charge in [-0.2, -0.15) is 0 Å². The molecule has 0 radical (unpaired) electrons. The highest BCUT2D eigenvalue weighted by atomic mass is 16.5. The molecular weight excluding hydrogens is 218 g/mol. The molecule has 2 rings (SSSR count). The van der Waals surface area contributed by atoms with Crippen molar-refractivity contribution in [3.8, 4) is 11.5 Å². The number of carbonyl (C=O) groups is 1. The second-order valence-electron chi connectivity index (χ2n) is 4.14. The summed E-state index contributed by atoms with van der Waals surface area (Å²) in [6.07, 6.45) is 2.45. The minimum atomic E-state index is 0.0517. The van der Waals surface area contributed by atoms with Crippen LogP contribution in [0.1, 0.15) is 23.2 Å². The molecule has 0 spiro atoms. The molecule has 92 valence electrons. The van der Waals surface area contributed by atoms with Gasteiger partial charge in [0.25, 0.3) is 0 Å². The van der Waals surface area contributed by atoms with Crippen LogP contribution in [0.4, 0.5) is 0 Å². The Morgan fingerprint density at radius 3 is 2.76 bits per heavy atom. The Kier molecular flexibility index (Phi) is 3.64. The molecule has 1 fully saturated rings. The first-order chi connectivity index (χ1) is 8.24. The summed E-state index contributed by atoms with van der Waals surface area (Å²) in [7, 11) is 3.35. The molecule has 4 nitrogen and oxygen atoms in total. The molecule has 0 bridgehead atoms. The normalized spacial score (nSPS) is 14.5. The maximum absolute atomic E-state index is 11.7. The summed E-state index contributed by atoms with van der Waals surface area (Å²) in [6.45, 7) is 0.329. The summed E-state index contributed by atoms with van der Waals surface area (Å²) in [6, 6.07) is 5.30. The van der Waals surface area contributed by atoms with E-state index in [0.29, 0.717) is 29.7 Å². The summed E-state index contributed by atoms with van der Waals surface area (Å²) < 4.78 is 10.9. The van der Waals surface area contributed by atoms with Gasteiger partial charge in [0.15, 0.2) is 17.3 Å². The molecule has 1 N–H and O–H groups in total. The van der Waals surface area contributed by atoms with Gasteiger partial charge in [0, 0.05) is 5.56 Å². The molecule has 1 saturated carbocycles. The van der Waals surface area contributed by atoms with Gasteiger partial charge in [-0.05, 0) is 38.1 Å². The number of methoxy groups -OCH3 is 1. The van der Waals surface area contributed by atoms with Crippen LogP contribution in [0.25, 0.3) is 0 Å². The highest BCUT2D eigenvalue weighted by molar-refractivity contribution is 5.98. The van der Waals surface area contributed by atoms with Gasteiger partial charge in [0.1, 0.15) is 0 Å². The Balaban J connectivity index is 2.20. The number of ether oxygens (including phenoxy) is 2. The summed E-state index contributed by atoms with van der Waals surface area (Å²) in [4.78, 5) is 11.7. The van der Waals surface area contributed by atoms with E-state index in [1.54, 1.807) is 32.4 Å². The molecule has 0 amide bonds. The Bertz CT molecular complexity index is 413. The van der Waals surface area contributed by atoms with Crippen LogP contribution in [0.3, 0.4) is 0 Å². The van der Waals surface area contributed by atoms with Crippen molar-refractivity contribution in [1.29, 1.82) is 0 Å². The zero-order valence-corrected chi connectivity index (χ0v) is 10.2. The van der Waals surface area contributed by atoms with E-state index in [2.05, 4.69) is 5.32 Å². The molecule has 0 unspecified atom stereocenters. The molecule has 0 heterocycles. The Hall–Kier alpha value is -1.55. The van der Waals surface area contributed by atoms with Gasteiger partial charge in [0.2, 0.25) is 0 Å². The molecule has 1 aliphatic rings. The fourth-order valence-corrected chi connectivity index (χ4v) is 1.57. The van der Waals surface area contributed by atoms with Crippen LogP contribution in [-0.2, 0) is 0 Å². The Labute approximate surface area is 101 Å². The standard InChI is InChI=1S/C13H17NO3/c1-14-8-11(15)9-3-6-12(16-2)13(7-9)17-10-4-5-10/h3,6-7,10,14H,4-5,8H2,1-2H3. The van der Waals surface area contributed by atoms with Crippen molar-refractivity contribution in [1.82, 2.24) is 5.32 Å².